The van der Waals surface area contributed by atoms with E-state index in [-0.39, 0.29) is 0 Å². The molecular weight excluding hydrogens is 302 g/mol. The van der Waals surface area contributed by atoms with E-state index in [1.165, 1.54) is 58.6 Å². The van der Waals surface area contributed by atoms with Crippen LogP contribution in [0.2, 0.25) is 0 Å². The second-order valence-corrected chi connectivity index (χ2v) is 6.71. The quantitative estimate of drug-likeness (QED) is 0.342. The normalized spacial score (nSPS) is 11.4. The van der Waals surface area contributed by atoms with Gasteiger partial charge in [0.2, 0.25) is 0 Å². The summed E-state index contributed by atoms with van der Waals surface area (Å²) in [5, 5.41) is 2.70. The van der Waals surface area contributed by atoms with Gasteiger partial charge in [0.15, 0.2) is 0 Å². The highest BCUT2D eigenvalue weighted by atomic mass is 15.0. The SMILES string of the molecule is CCCCCCn1c2ccccc2c2cccc(-c3[c]cccc3)c21. The molecule has 0 aliphatic carbocycles. The summed E-state index contributed by atoms with van der Waals surface area (Å²) in [4.78, 5) is 0. The molecular formula is C24H24N. The van der Waals surface area contributed by atoms with Gasteiger partial charge in [0.25, 0.3) is 0 Å². The number of fused-ring (bicyclic) bond motifs is 3. The third-order valence-electron chi connectivity index (χ3n) is 5.03. The molecule has 0 N–H and O–H groups in total. The third-order valence-corrected chi connectivity index (χ3v) is 5.03. The van der Waals surface area contributed by atoms with Crippen molar-refractivity contribution in [3.63, 3.8) is 0 Å². The molecule has 0 amide bonds. The summed E-state index contributed by atoms with van der Waals surface area (Å²) >= 11 is 0. The fourth-order valence-corrected chi connectivity index (χ4v) is 3.82. The number of aryl methyl sites for hydroxylation is 1. The zero-order valence-electron chi connectivity index (χ0n) is 14.8. The fraction of sp³-hybridized carbons (Fsp3) is 0.250. The average Bonchev–Trinajstić information content (AvgIpc) is 3.00. The van der Waals surface area contributed by atoms with Crippen LogP contribution in [0.4, 0.5) is 0 Å². The molecule has 3 aromatic carbocycles. The van der Waals surface area contributed by atoms with Crippen molar-refractivity contribution in [2.24, 2.45) is 0 Å². The molecule has 1 nitrogen and oxygen atoms in total. The summed E-state index contributed by atoms with van der Waals surface area (Å²) < 4.78 is 2.52. The number of nitrogens with zero attached hydrogens (tertiary/aromatic N) is 1. The highest BCUT2D eigenvalue weighted by Gasteiger charge is 2.14. The molecule has 0 aliphatic rings. The van der Waals surface area contributed by atoms with Crippen molar-refractivity contribution in [3.05, 3.63) is 72.8 Å². The molecule has 0 atom stereocenters. The van der Waals surface area contributed by atoms with Gasteiger partial charge in [0.05, 0.1) is 5.52 Å². The standard InChI is InChI=1S/C24H24N/c1-2-3-4-10-18-25-23-17-9-8-14-21(23)22-16-11-15-20(24(22)25)19-12-6-5-7-13-19/h5-9,11-12,14-17H,2-4,10,18H2,1H3. The van der Waals surface area contributed by atoms with Gasteiger partial charge in [0.1, 0.15) is 0 Å². The van der Waals surface area contributed by atoms with E-state index in [1.807, 2.05) is 12.1 Å². The zero-order valence-corrected chi connectivity index (χ0v) is 14.8. The Labute approximate surface area is 149 Å². The first-order valence-electron chi connectivity index (χ1n) is 9.37. The monoisotopic (exact) mass is 326 g/mol. The van der Waals surface area contributed by atoms with E-state index in [1.54, 1.807) is 0 Å². The minimum atomic E-state index is 1.08. The van der Waals surface area contributed by atoms with Gasteiger partial charge < -0.3 is 4.57 Å². The Bertz CT molecular complexity index is 979. The lowest BCUT2D eigenvalue weighted by atomic mass is 10.0. The smallest absolute Gasteiger partial charge is 0.0571 e. The predicted octanol–water partition coefficient (Wildman–Crippen LogP) is 6.84. The molecule has 1 aromatic heterocycles. The predicted molar refractivity (Wildman–Crippen MR) is 108 cm³/mol. The molecule has 125 valence electrons. The van der Waals surface area contributed by atoms with Gasteiger partial charge in [-0.25, -0.2) is 0 Å². The Morgan fingerprint density at radius 2 is 1.64 bits per heavy atom. The minimum Gasteiger partial charge on any atom is -0.340 e. The van der Waals surface area contributed by atoms with Crippen LogP contribution in [0.3, 0.4) is 0 Å². The maximum Gasteiger partial charge on any atom is 0.0571 e. The van der Waals surface area contributed by atoms with Crippen LogP contribution in [-0.4, -0.2) is 4.57 Å². The van der Waals surface area contributed by atoms with Crippen LogP contribution in [0.1, 0.15) is 32.6 Å². The van der Waals surface area contributed by atoms with Crippen LogP contribution in [0.25, 0.3) is 32.9 Å². The van der Waals surface area contributed by atoms with Gasteiger partial charge in [-0.15, -0.1) is 0 Å². The molecule has 1 radical (unpaired) electrons. The molecule has 1 heteroatoms. The van der Waals surface area contributed by atoms with Gasteiger partial charge >= 0.3 is 0 Å². The fourth-order valence-electron chi connectivity index (χ4n) is 3.82. The molecule has 0 fully saturated rings. The third kappa shape index (κ3) is 2.95. The molecule has 0 unspecified atom stereocenters. The van der Waals surface area contributed by atoms with Gasteiger partial charge in [-0.05, 0) is 24.1 Å². The average molecular weight is 326 g/mol. The molecule has 0 spiro atoms. The first-order valence-corrected chi connectivity index (χ1v) is 9.37. The van der Waals surface area contributed by atoms with Crippen molar-refractivity contribution in [3.8, 4) is 11.1 Å². The van der Waals surface area contributed by atoms with E-state index in [4.69, 9.17) is 0 Å². The lowest BCUT2D eigenvalue weighted by molar-refractivity contribution is 0.602. The summed E-state index contributed by atoms with van der Waals surface area (Å²) in [5.41, 5.74) is 5.15. The number of benzene rings is 3. The Hall–Kier alpha value is -2.54. The second kappa shape index (κ2) is 7.14. The maximum atomic E-state index is 3.41. The number of para-hydroxylation sites is 2. The second-order valence-electron chi connectivity index (χ2n) is 6.71. The topological polar surface area (TPSA) is 4.93 Å². The van der Waals surface area contributed by atoms with Crippen LogP contribution in [0, 0.1) is 6.07 Å². The highest BCUT2D eigenvalue weighted by molar-refractivity contribution is 6.12. The van der Waals surface area contributed by atoms with Crippen molar-refractivity contribution in [2.75, 3.05) is 0 Å². The van der Waals surface area contributed by atoms with E-state index < -0.39 is 0 Å². The van der Waals surface area contributed by atoms with E-state index in [9.17, 15) is 0 Å². The van der Waals surface area contributed by atoms with Crippen molar-refractivity contribution in [1.29, 1.82) is 0 Å². The molecule has 25 heavy (non-hydrogen) atoms. The Kier molecular flexibility index (Phi) is 4.56. The number of hydrogen-bond acceptors (Lipinski definition) is 0. The Balaban J connectivity index is 1.92. The molecule has 4 aromatic rings. The molecule has 1 heterocycles. The van der Waals surface area contributed by atoms with E-state index in [2.05, 4.69) is 72.2 Å². The lowest BCUT2D eigenvalue weighted by Crippen LogP contribution is -1.99. The zero-order chi connectivity index (χ0) is 17.1. The molecule has 0 saturated carbocycles. The number of rotatable bonds is 6. The summed E-state index contributed by atoms with van der Waals surface area (Å²) in [6, 6.07) is 27.2. The first kappa shape index (κ1) is 16.0. The molecule has 0 saturated heterocycles. The van der Waals surface area contributed by atoms with Crippen LogP contribution in [0.15, 0.2) is 66.7 Å². The van der Waals surface area contributed by atoms with Crippen LogP contribution < -0.4 is 0 Å². The summed E-state index contributed by atoms with van der Waals surface area (Å²) in [6.45, 7) is 3.34. The number of aromatic nitrogens is 1. The molecule has 0 bridgehead atoms. The number of hydrogen-bond donors (Lipinski definition) is 0. The Morgan fingerprint density at radius 1 is 0.800 bits per heavy atom. The maximum absolute atomic E-state index is 3.41. The summed E-state index contributed by atoms with van der Waals surface area (Å²) in [7, 11) is 0. The van der Waals surface area contributed by atoms with Gasteiger partial charge in [-0.3, -0.25) is 0 Å². The lowest BCUT2D eigenvalue weighted by Gasteiger charge is -2.11. The van der Waals surface area contributed by atoms with E-state index in [0.29, 0.717) is 0 Å². The van der Waals surface area contributed by atoms with Crippen LogP contribution >= 0.6 is 0 Å². The van der Waals surface area contributed by atoms with Gasteiger partial charge in [0, 0.05) is 28.4 Å². The number of unbranched alkanes of at least 4 members (excludes halogenated alkanes) is 3. The first-order chi connectivity index (χ1) is 12.4. The van der Waals surface area contributed by atoms with Crippen molar-refractivity contribution < 1.29 is 0 Å². The van der Waals surface area contributed by atoms with Gasteiger partial charge in [-0.2, -0.15) is 0 Å². The van der Waals surface area contributed by atoms with Crippen LogP contribution in [-0.2, 0) is 6.54 Å². The largest absolute Gasteiger partial charge is 0.340 e. The summed E-state index contributed by atoms with van der Waals surface area (Å²) in [6.07, 6.45) is 5.12. The van der Waals surface area contributed by atoms with Crippen LogP contribution in [0.5, 0.6) is 0 Å². The van der Waals surface area contributed by atoms with E-state index in [0.717, 1.165) is 6.54 Å². The van der Waals surface area contributed by atoms with Crippen molar-refractivity contribution in [2.45, 2.75) is 39.2 Å². The van der Waals surface area contributed by atoms with Gasteiger partial charge in [-0.1, -0.05) is 86.8 Å². The Morgan fingerprint density at radius 3 is 2.48 bits per heavy atom. The molecule has 0 aliphatic heterocycles. The van der Waals surface area contributed by atoms with Crippen molar-refractivity contribution in [1.82, 2.24) is 4.57 Å². The van der Waals surface area contributed by atoms with E-state index >= 15 is 0 Å². The highest BCUT2D eigenvalue weighted by Crippen LogP contribution is 2.35. The molecule has 4 rings (SSSR count). The minimum absolute atomic E-state index is 1.08. The summed E-state index contributed by atoms with van der Waals surface area (Å²) in [5.74, 6) is 0. The van der Waals surface area contributed by atoms with Crippen molar-refractivity contribution >= 4 is 21.8 Å².